The first-order valence-corrected chi connectivity index (χ1v) is 6.82. The zero-order chi connectivity index (χ0) is 12.4. The summed E-state index contributed by atoms with van der Waals surface area (Å²) in [6.45, 7) is 5.72. The van der Waals surface area contributed by atoms with Crippen molar-refractivity contribution in [2.45, 2.75) is 25.8 Å². The van der Waals surface area contributed by atoms with Gasteiger partial charge >= 0.3 is 0 Å². The van der Waals surface area contributed by atoms with Crippen LogP contribution in [0.2, 0.25) is 0 Å². The van der Waals surface area contributed by atoms with Crippen molar-refractivity contribution >= 4 is 5.71 Å². The molecule has 0 amide bonds. The number of aromatic nitrogens is 1. The molecule has 3 rings (SSSR count). The molecule has 3 heterocycles. The number of piperidine rings is 1. The van der Waals surface area contributed by atoms with E-state index in [4.69, 9.17) is 0 Å². The fourth-order valence-corrected chi connectivity index (χ4v) is 3.00. The third kappa shape index (κ3) is 2.12. The van der Waals surface area contributed by atoms with Gasteiger partial charge in [0.25, 0.3) is 0 Å². The quantitative estimate of drug-likeness (QED) is 0.881. The minimum atomic E-state index is 0.313. The number of pyridine rings is 1. The Hall–Kier alpha value is -1.42. The highest BCUT2D eigenvalue weighted by atomic mass is 15.4. The van der Waals surface area contributed by atoms with Crippen molar-refractivity contribution in [3.8, 4) is 0 Å². The van der Waals surface area contributed by atoms with Crippen LogP contribution in [0, 0.1) is 5.92 Å². The maximum Gasteiger partial charge on any atom is 0.0797 e. The van der Waals surface area contributed by atoms with Crippen LogP contribution in [0.5, 0.6) is 0 Å². The van der Waals surface area contributed by atoms with E-state index in [1.54, 1.807) is 0 Å². The molecule has 2 atom stereocenters. The molecule has 1 saturated heterocycles. The molecular formula is C14H20N4. The van der Waals surface area contributed by atoms with Gasteiger partial charge in [0.15, 0.2) is 0 Å². The van der Waals surface area contributed by atoms with Crippen LogP contribution in [0.3, 0.4) is 0 Å². The summed E-state index contributed by atoms with van der Waals surface area (Å²) >= 11 is 0. The predicted octanol–water partition coefficient (Wildman–Crippen LogP) is 1.81. The molecule has 0 radical (unpaired) electrons. The molecule has 1 N–H and O–H groups in total. The van der Waals surface area contributed by atoms with Gasteiger partial charge in [0.2, 0.25) is 0 Å². The molecule has 0 bridgehead atoms. The average Bonchev–Trinajstić information content (AvgIpc) is 2.83. The van der Waals surface area contributed by atoms with Gasteiger partial charge in [-0.1, -0.05) is 13.0 Å². The molecule has 2 aliphatic rings. The summed E-state index contributed by atoms with van der Waals surface area (Å²) in [5.74, 6) is 0.523. The average molecular weight is 244 g/mol. The largest absolute Gasteiger partial charge is 0.302 e. The Morgan fingerprint density at radius 1 is 1.50 bits per heavy atom. The van der Waals surface area contributed by atoms with Gasteiger partial charge < -0.3 is 10.3 Å². The molecule has 0 saturated carbocycles. The maximum atomic E-state index is 4.52. The van der Waals surface area contributed by atoms with E-state index in [9.17, 15) is 0 Å². The third-order valence-electron chi connectivity index (χ3n) is 3.90. The van der Waals surface area contributed by atoms with Crippen molar-refractivity contribution in [2.75, 3.05) is 19.6 Å². The Morgan fingerprint density at radius 3 is 3.22 bits per heavy atom. The number of likely N-dealkylation sites (tertiary alicyclic amines) is 1. The summed E-state index contributed by atoms with van der Waals surface area (Å²) in [4.78, 5) is 6.77. The number of nitrogens with one attached hydrogen (secondary N) is 1. The van der Waals surface area contributed by atoms with Crippen LogP contribution < -0.4 is 5.43 Å². The van der Waals surface area contributed by atoms with Gasteiger partial charge in [0, 0.05) is 43.5 Å². The van der Waals surface area contributed by atoms with Crippen LogP contribution in [0.4, 0.5) is 0 Å². The molecule has 0 aromatic carbocycles. The second-order valence-electron chi connectivity index (χ2n) is 5.15. The van der Waals surface area contributed by atoms with Crippen LogP contribution >= 0.6 is 0 Å². The van der Waals surface area contributed by atoms with Gasteiger partial charge in [-0.15, -0.1) is 0 Å². The van der Waals surface area contributed by atoms with E-state index < -0.39 is 0 Å². The summed E-state index contributed by atoms with van der Waals surface area (Å²) in [6, 6.07) is 4.46. The normalized spacial score (nSPS) is 27.5. The highest BCUT2D eigenvalue weighted by Gasteiger charge is 2.36. The van der Waals surface area contributed by atoms with E-state index in [-0.39, 0.29) is 0 Å². The van der Waals surface area contributed by atoms with E-state index in [0.717, 1.165) is 19.5 Å². The summed E-state index contributed by atoms with van der Waals surface area (Å²) in [5.41, 5.74) is 5.89. The Bertz CT molecular complexity index is 429. The molecule has 4 heteroatoms. The molecule has 96 valence electrons. The van der Waals surface area contributed by atoms with Crippen LogP contribution in [0.25, 0.3) is 0 Å². The second-order valence-corrected chi connectivity index (χ2v) is 5.15. The van der Waals surface area contributed by atoms with Gasteiger partial charge in [-0.25, -0.2) is 0 Å². The van der Waals surface area contributed by atoms with E-state index >= 15 is 0 Å². The lowest BCUT2D eigenvalue weighted by Crippen LogP contribution is -2.42. The van der Waals surface area contributed by atoms with E-state index in [2.05, 4.69) is 33.4 Å². The second kappa shape index (κ2) is 5.06. The minimum absolute atomic E-state index is 0.313. The number of hydrogen-bond donors (Lipinski definition) is 1. The lowest BCUT2D eigenvalue weighted by atomic mass is 9.87. The number of rotatable bonds is 3. The Morgan fingerprint density at radius 2 is 2.44 bits per heavy atom. The van der Waals surface area contributed by atoms with Crippen LogP contribution in [-0.4, -0.2) is 35.2 Å². The molecule has 0 aliphatic carbocycles. The van der Waals surface area contributed by atoms with Crippen LogP contribution in [0.15, 0.2) is 29.6 Å². The molecule has 1 aromatic rings. The van der Waals surface area contributed by atoms with Crippen molar-refractivity contribution in [1.29, 1.82) is 0 Å². The fourth-order valence-electron chi connectivity index (χ4n) is 3.00. The van der Waals surface area contributed by atoms with Crippen molar-refractivity contribution in [1.82, 2.24) is 15.3 Å². The number of fused-ring (bicyclic) bond motifs is 1. The molecule has 18 heavy (non-hydrogen) atoms. The summed E-state index contributed by atoms with van der Waals surface area (Å²) in [5, 5.41) is 4.52. The number of hydrazone groups is 1. The zero-order valence-electron chi connectivity index (χ0n) is 10.8. The highest BCUT2D eigenvalue weighted by Crippen LogP contribution is 2.31. The first-order valence-electron chi connectivity index (χ1n) is 6.82. The highest BCUT2D eigenvalue weighted by molar-refractivity contribution is 5.89. The summed E-state index contributed by atoms with van der Waals surface area (Å²) < 4.78 is 0. The lowest BCUT2D eigenvalue weighted by Gasteiger charge is -2.33. The topological polar surface area (TPSA) is 40.5 Å². The molecule has 2 unspecified atom stereocenters. The van der Waals surface area contributed by atoms with Crippen LogP contribution in [-0.2, 0) is 0 Å². The third-order valence-corrected chi connectivity index (χ3v) is 3.90. The first kappa shape index (κ1) is 11.7. The van der Waals surface area contributed by atoms with Crippen molar-refractivity contribution in [2.24, 2.45) is 11.0 Å². The molecule has 4 nitrogen and oxygen atoms in total. The van der Waals surface area contributed by atoms with Crippen LogP contribution in [0.1, 0.15) is 31.4 Å². The molecule has 1 aromatic heterocycles. The molecule has 1 fully saturated rings. The Balaban J connectivity index is 1.76. The first-order chi connectivity index (χ1) is 8.88. The van der Waals surface area contributed by atoms with Gasteiger partial charge in [0.1, 0.15) is 0 Å². The number of nitrogens with zero attached hydrogens (tertiary/aromatic N) is 3. The lowest BCUT2D eigenvalue weighted by molar-refractivity contribution is 0.228. The predicted molar refractivity (Wildman–Crippen MR) is 72.4 cm³/mol. The van der Waals surface area contributed by atoms with Crippen molar-refractivity contribution in [3.63, 3.8) is 0 Å². The standard InChI is InChI=1S/C14H20N4/c1-2-7-18-8-5-13-12(10-18)14(17-16-13)11-4-3-6-15-9-11/h3-4,6,9,12,14,17H,2,5,7-8,10H2,1H3. The van der Waals surface area contributed by atoms with E-state index in [0.29, 0.717) is 12.0 Å². The maximum absolute atomic E-state index is 4.52. The Labute approximate surface area is 108 Å². The van der Waals surface area contributed by atoms with Gasteiger partial charge in [-0.3, -0.25) is 4.98 Å². The molecule has 0 spiro atoms. The number of hydrogen-bond acceptors (Lipinski definition) is 4. The van der Waals surface area contributed by atoms with E-state index in [1.165, 1.54) is 24.2 Å². The van der Waals surface area contributed by atoms with Gasteiger partial charge in [-0.2, -0.15) is 5.10 Å². The molecule has 2 aliphatic heterocycles. The SMILES string of the molecule is CCCN1CCC2=NNC(c3cccnc3)C2C1. The van der Waals surface area contributed by atoms with Gasteiger partial charge in [-0.05, 0) is 24.6 Å². The van der Waals surface area contributed by atoms with Gasteiger partial charge in [0.05, 0.1) is 6.04 Å². The minimum Gasteiger partial charge on any atom is -0.302 e. The smallest absolute Gasteiger partial charge is 0.0797 e. The van der Waals surface area contributed by atoms with Crippen molar-refractivity contribution < 1.29 is 0 Å². The summed E-state index contributed by atoms with van der Waals surface area (Å²) in [6.07, 6.45) is 6.11. The Kier molecular flexibility index (Phi) is 3.28. The zero-order valence-corrected chi connectivity index (χ0v) is 10.8. The molecular weight excluding hydrogens is 224 g/mol. The summed E-state index contributed by atoms with van der Waals surface area (Å²) in [7, 11) is 0. The van der Waals surface area contributed by atoms with Crippen molar-refractivity contribution in [3.05, 3.63) is 30.1 Å². The fraction of sp³-hybridized carbons (Fsp3) is 0.571. The van der Waals surface area contributed by atoms with E-state index in [1.807, 2.05) is 18.5 Å². The monoisotopic (exact) mass is 244 g/mol.